The predicted octanol–water partition coefficient (Wildman–Crippen LogP) is 3.95. The van der Waals surface area contributed by atoms with Gasteiger partial charge in [-0.3, -0.25) is 0 Å². The highest BCUT2D eigenvalue weighted by Crippen LogP contribution is 2.31. The topological polar surface area (TPSA) is 42.7 Å². The molecule has 0 aliphatic heterocycles. The summed E-state index contributed by atoms with van der Waals surface area (Å²) in [4.78, 5) is 8.00. The number of halogens is 2. The third-order valence-corrected chi connectivity index (χ3v) is 4.06. The van der Waals surface area contributed by atoms with Gasteiger partial charge in [0.05, 0.1) is 10.5 Å². The molecule has 2 heterocycles. The fraction of sp³-hybridized carbons (Fsp3) is 0.250. The molecule has 4 nitrogen and oxygen atoms in total. The molecule has 0 spiro atoms. The Morgan fingerprint density at radius 3 is 2.86 bits per heavy atom. The molecule has 0 saturated carbocycles. The lowest BCUT2D eigenvalue weighted by atomic mass is 10.1. The average molecular weight is 319 g/mol. The minimum absolute atomic E-state index is 0.270. The first-order chi connectivity index (χ1) is 10.6. The molecule has 0 aliphatic carbocycles. The number of hydrogen-bond donors (Lipinski definition) is 1. The molecule has 2 aromatic heterocycles. The van der Waals surface area contributed by atoms with E-state index in [4.69, 9.17) is 11.6 Å². The fourth-order valence-corrected chi connectivity index (χ4v) is 2.92. The van der Waals surface area contributed by atoms with E-state index in [0.29, 0.717) is 23.7 Å². The van der Waals surface area contributed by atoms with Crippen LogP contribution in [0.25, 0.3) is 10.9 Å². The van der Waals surface area contributed by atoms with E-state index in [1.165, 1.54) is 12.4 Å². The Kier molecular flexibility index (Phi) is 3.98. The highest BCUT2D eigenvalue weighted by Gasteiger charge is 2.14. The molecule has 0 unspecified atom stereocenters. The summed E-state index contributed by atoms with van der Waals surface area (Å²) in [5.41, 5.74) is 2.56. The summed E-state index contributed by atoms with van der Waals surface area (Å²) in [5, 5.41) is 4.53. The second-order valence-corrected chi connectivity index (χ2v) is 5.59. The number of hydrogen-bond acceptors (Lipinski definition) is 3. The quantitative estimate of drug-likeness (QED) is 0.792. The number of aromatic nitrogens is 3. The van der Waals surface area contributed by atoms with Gasteiger partial charge >= 0.3 is 0 Å². The highest BCUT2D eigenvalue weighted by atomic mass is 35.5. The Bertz CT molecular complexity index is 814. The maximum absolute atomic E-state index is 13.8. The summed E-state index contributed by atoms with van der Waals surface area (Å²) >= 11 is 6.25. The van der Waals surface area contributed by atoms with Crippen molar-refractivity contribution in [3.63, 3.8) is 0 Å². The number of benzene rings is 1. The van der Waals surface area contributed by atoms with Gasteiger partial charge in [-0.25, -0.2) is 14.4 Å². The molecule has 3 rings (SSSR count). The SMILES string of the molecule is Cc1c(F)cc(Cl)c2c1cc(C)n2CCNc1ccncn1. The molecule has 0 saturated heterocycles. The summed E-state index contributed by atoms with van der Waals surface area (Å²) in [6.45, 7) is 5.17. The van der Waals surface area contributed by atoms with Gasteiger partial charge in [0.15, 0.2) is 0 Å². The highest BCUT2D eigenvalue weighted by molar-refractivity contribution is 6.35. The van der Waals surface area contributed by atoms with E-state index in [1.54, 1.807) is 13.1 Å². The van der Waals surface area contributed by atoms with Gasteiger partial charge in [-0.05, 0) is 37.6 Å². The summed E-state index contributed by atoms with van der Waals surface area (Å²) in [7, 11) is 0. The third-order valence-electron chi connectivity index (χ3n) is 3.77. The van der Waals surface area contributed by atoms with Crippen molar-refractivity contribution in [3.8, 4) is 0 Å². The average Bonchev–Trinajstić information content (AvgIpc) is 2.84. The van der Waals surface area contributed by atoms with E-state index in [0.717, 1.165) is 22.4 Å². The molecule has 22 heavy (non-hydrogen) atoms. The largest absolute Gasteiger partial charge is 0.368 e. The number of nitrogens with one attached hydrogen (secondary N) is 1. The van der Waals surface area contributed by atoms with Crippen molar-refractivity contribution in [1.29, 1.82) is 0 Å². The first-order valence-corrected chi connectivity index (χ1v) is 7.40. The monoisotopic (exact) mass is 318 g/mol. The normalized spacial score (nSPS) is 11.1. The third kappa shape index (κ3) is 2.64. The maximum atomic E-state index is 13.8. The Balaban J connectivity index is 1.88. The zero-order valence-corrected chi connectivity index (χ0v) is 13.2. The zero-order chi connectivity index (χ0) is 15.7. The molecule has 0 atom stereocenters. The van der Waals surface area contributed by atoms with Crippen LogP contribution in [0.5, 0.6) is 0 Å². The second-order valence-electron chi connectivity index (χ2n) is 5.19. The molecule has 0 amide bonds. The van der Waals surface area contributed by atoms with Crippen LogP contribution in [0.1, 0.15) is 11.3 Å². The Hall–Kier alpha value is -2.14. The summed E-state index contributed by atoms with van der Waals surface area (Å²) in [6.07, 6.45) is 3.19. The molecule has 6 heteroatoms. The van der Waals surface area contributed by atoms with Gasteiger partial charge < -0.3 is 9.88 Å². The molecule has 1 aromatic carbocycles. The zero-order valence-electron chi connectivity index (χ0n) is 12.4. The fourth-order valence-electron chi connectivity index (χ4n) is 2.62. The van der Waals surface area contributed by atoms with Crippen molar-refractivity contribution < 1.29 is 4.39 Å². The van der Waals surface area contributed by atoms with Crippen LogP contribution in [-0.2, 0) is 6.54 Å². The van der Waals surface area contributed by atoms with Crippen molar-refractivity contribution in [2.45, 2.75) is 20.4 Å². The van der Waals surface area contributed by atoms with Gasteiger partial charge in [-0.2, -0.15) is 0 Å². The van der Waals surface area contributed by atoms with Gasteiger partial charge in [0.2, 0.25) is 0 Å². The van der Waals surface area contributed by atoms with Gasteiger partial charge in [0.1, 0.15) is 18.0 Å². The van der Waals surface area contributed by atoms with E-state index >= 15 is 0 Å². The molecular weight excluding hydrogens is 303 g/mol. The molecule has 0 radical (unpaired) electrons. The van der Waals surface area contributed by atoms with Crippen molar-refractivity contribution >= 4 is 28.3 Å². The smallest absolute Gasteiger partial charge is 0.129 e. The molecule has 1 N–H and O–H groups in total. The van der Waals surface area contributed by atoms with Crippen molar-refractivity contribution in [2.24, 2.45) is 0 Å². The second kappa shape index (κ2) is 5.93. The number of aryl methyl sites for hydroxylation is 2. The van der Waals surface area contributed by atoms with Crippen LogP contribution in [0.3, 0.4) is 0 Å². The lowest BCUT2D eigenvalue weighted by Crippen LogP contribution is -2.12. The Morgan fingerprint density at radius 1 is 1.32 bits per heavy atom. The van der Waals surface area contributed by atoms with Crippen LogP contribution in [-0.4, -0.2) is 21.1 Å². The van der Waals surface area contributed by atoms with Crippen molar-refractivity contribution in [2.75, 3.05) is 11.9 Å². The standard InChI is InChI=1S/C16H16ClFN4/c1-10-7-12-11(2)14(18)8-13(17)16(12)22(10)6-5-20-15-3-4-19-9-21-15/h3-4,7-9H,5-6H2,1-2H3,(H,19,20,21). The number of nitrogens with zero attached hydrogens (tertiary/aromatic N) is 3. The van der Waals surface area contributed by atoms with Crippen LogP contribution in [0.15, 0.2) is 30.7 Å². The van der Waals surface area contributed by atoms with Gasteiger partial charge in [-0.15, -0.1) is 0 Å². The van der Waals surface area contributed by atoms with E-state index in [2.05, 4.69) is 19.9 Å². The minimum Gasteiger partial charge on any atom is -0.368 e. The Labute approximate surface area is 133 Å². The first kappa shape index (κ1) is 14.8. The lowest BCUT2D eigenvalue weighted by Gasteiger charge is -2.11. The van der Waals surface area contributed by atoms with Crippen molar-refractivity contribution in [1.82, 2.24) is 14.5 Å². The number of fused-ring (bicyclic) bond motifs is 1. The molecule has 3 aromatic rings. The Morgan fingerprint density at radius 2 is 2.14 bits per heavy atom. The first-order valence-electron chi connectivity index (χ1n) is 7.02. The minimum atomic E-state index is -0.270. The summed E-state index contributed by atoms with van der Waals surface area (Å²) in [6, 6.07) is 5.17. The number of anilines is 1. The van der Waals surface area contributed by atoms with Crippen LogP contribution in [0.2, 0.25) is 5.02 Å². The molecular formula is C16H16ClFN4. The van der Waals surface area contributed by atoms with Crippen LogP contribution >= 0.6 is 11.6 Å². The lowest BCUT2D eigenvalue weighted by molar-refractivity contribution is 0.620. The van der Waals surface area contributed by atoms with E-state index in [1.807, 2.05) is 19.1 Å². The summed E-state index contributed by atoms with van der Waals surface area (Å²) in [5.74, 6) is 0.506. The maximum Gasteiger partial charge on any atom is 0.129 e. The van der Waals surface area contributed by atoms with Gasteiger partial charge in [0, 0.05) is 30.4 Å². The number of rotatable bonds is 4. The van der Waals surface area contributed by atoms with Crippen LogP contribution in [0, 0.1) is 19.7 Å². The molecule has 0 bridgehead atoms. The predicted molar refractivity (Wildman–Crippen MR) is 86.9 cm³/mol. The van der Waals surface area contributed by atoms with E-state index < -0.39 is 0 Å². The molecule has 0 fully saturated rings. The van der Waals surface area contributed by atoms with Gasteiger partial charge in [0.25, 0.3) is 0 Å². The van der Waals surface area contributed by atoms with Crippen LogP contribution in [0.4, 0.5) is 10.2 Å². The van der Waals surface area contributed by atoms with Crippen LogP contribution < -0.4 is 5.32 Å². The van der Waals surface area contributed by atoms with E-state index in [9.17, 15) is 4.39 Å². The molecule has 114 valence electrons. The van der Waals surface area contributed by atoms with Gasteiger partial charge in [-0.1, -0.05) is 11.6 Å². The summed E-state index contributed by atoms with van der Waals surface area (Å²) < 4.78 is 15.9. The van der Waals surface area contributed by atoms with Crippen molar-refractivity contribution in [3.05, 3.63) is 52.8 Å². The molecule has 0 aliphatic rings. The van der Waals surface area contributed by atoms with E-state index in [-0.39, 0.29) is 5.82 Å².